The first-order valence-electron chi connectivity index (χ1n) is 12.5. The Labute approximate surface area is 220 Å². The first-order valence-corrected chi connectivity index (χ1v) is 12.5. The lowest BCUT2D eigenvalue weighted by Gasteiger charge is -2.45. The van der Waals surface area contributed by atoms with E-state index < -0.39 is 74.4 Å². The number of carbonyl (C=O) groups is 1. The SMILES string of the molecule is CC(=O)NC1[C@H](OCCCNOCc2c[nH+]cc(C)c2)OC(CO)[CH][C@H]1O[C@@H]1OC(CO)[C@H](O)[C@@H](O)C1O. The Morgan fingerprint density at radius 3 is 2.55 bits per heavy atom. The van der Waals surface area contributed by atoms with Gasteiger partial charge in [0.2, 0.25) is 5.91 Å². The van der Waals surface area contributed by atoms with Crippen LogP contribution in [0.1, 0.15) is 24.5 Å². The Morgan fingerprint density at radius 2 is 1.87 bits per heavy atom. The molecule has 9 atom stereocenters. The summed E-state index contributed by atoms with van der Waals surface area (Å²) < 4.78 is 22.9. The third-order valence-corrected chi connectivity index (χ3v) is 6.09. The summed E-state index contributed by atoms with van der Waals surface area (Å²) in [5.41, 5.74) is 4.93. The summed E-state index contributed by atoms with van der Waals surface area (Å²) in [7, 11) is 0. The Bertz CT molecular complexity index is 864. The standard InChI is InChI=1S/C24H38N3O11/c1-13-6-15(9-25-8-13)12-35-26-4-3-5-34-23-19(27-14(2)30)17(7-16(10-28)36-23)37-24-22(33)21(32)20(31)18(11-29)38-24/h6-9,16-24,26,28-29,31-33H,3-5,10-12H2,1-2H3,(H,27,30)/p+1/t16?,17-,18?,19?,20+,21-,22?,23-,24-/m1/s1. The summed E-state index contributed by atoms with van der Waals surface area (Å²) in [6.45, 7) is 3.29. The molecule has 8 N–H and O–H groups in total. The molecule has 0 aromatic carbocycles. The molecule has 3 rings (SSSR count). The minimum atomic E-state index is -1.64. The maximum Gasteiger partial charge on any atom is 0.217 e. The van der Waals surface area contributed by atoms with Gasteiger partial charge in [-0.25, -0.2) is 10.5 Å². The van der Waals surface area contributed by atoms with Crippen LogP contribution in [0.25, 0.3) is 0 Å². The molecule has 215 valence electrons. The molecule has 1 aromatic rings. The van der Waals surface area contributed by atoms with Gasteiger partial charge in [0.1, 0.15) is 30.5 Å². The maximum atomic E-state index is 11.9. The number of aromatic nitrogens is 1. The van der Waals surface area contributed by atoms with E-state index in [1.807, 2.05) is 25.4 Å². The molecule has 2 aliphatic heterocycles. The molecule has 2 fully saturated rings. The number of aryl methyl sites for hydroxylation is 1. The zero-order valence-electron chi connectivity index (χ0n) is 21.4. The molecule has 0 spiro atoms. The number of aliphatic hydroxyl groups is 5. The Morgan fingerprint density at radius 1 is 1.08 bits per heavy atom. The zero-order chi connectivity index (χ0) is 27.7. The van der Waals surface area contributed by atoms with Crippen molar-refractivity contribution in [1.82, 2.24) is 10.8 Å². The number of aliphatic hydroxyl groups excluding tert-OH is 5. The summed E-state index contributed by atoms with van der Waals surface area (Å²) in [5, 5.41) is 52.3. The second-order valence-electron chi connectivity index (χ2n) is 9.27. The highest BCUT2D eigenvalue weighted by atomic mass is 16.7. The van der Waals surface area contributed by atoms with E-state index >= 15 is 0 Å². The number of hydroxylamine groups is 1. The number of hydrogen-bond donors (Lipinski definition) is 7. The second-order valence-corrected chi connectivity index (χ2v) is 9.27. The summed E-state index contributed by atoms with van der Waals surface area (Å²) >= 11 is 0. The smallest absolute Gasteiger partial charge is 0.217 e. The normalized spacial score (nSPS) is 33.7. The minimum absolute atomic E-state index is 0.209. The topological polar surface area (TPSA) is 203 Å². The third-order valence-electron chi connectivity index (χ3n) is 6.09. The van der Waals surface area contributed by atoms with Crippen molar-refractivity contribution < 1.29 is 59.1 Å². The predicted octanol–water partition coefficient (Wildman–Crippen LogP) is -3.15. The number of amides is 1. The van der Waals surface area contributed by atoms with Crippen molar-refractivity contribution in [1.29, 1.82) is 0 Å². The van der Waals surface area contributed by atoms with Gasteiger partial charge in [0, 0.05) is 31.0 Å². The highest BCUT2D eigenvalue weighted by Crippen LogP contribution is 2.29. The molecule has 14 heteroatoms. The third kappa shape index (κ3) is 8.59. The molecule has 2 saturated heterocycles. The highest BCUT2D eigenvalue weighted by Gasteiger charge is 2.48. The first kappa shape index (κ1) is 30.7. The molecule has 0 aliphatic carbocycles. The van der Waals surface area contributed by atoms with E-state index in [1.165, 1.54) is 13.3 Å². The van der Waals surface area contributed by atoms with Gasteiger partial charge in [-0.15, -0.1) is 0 Å². The fourth-order valence-corrected chi connectivity index (χ4v) is 4.17. The van der Waals surface area contributed by atoms with E-state index in [4.69, 9.17) is 23.8 Å². The Balaban J connectivity index is 1.54. The lowest BCUT2D eigenvalue weighted by atomic mass is 9.97. The molecule has 14 nitrogen and oxygen atoms in total. The molecule has 1 radical (unpaired) electrons. The van der Waals surface area contributed by atoms with Crippen LogP contribution in [0.5, 0.6) is 0 Å². The van der Waals surface area contributed by atoms with Crippen molar-refractivity contribution in [2.75, 3.05) is 26.4 Å². The van der Waals surface area contributed by atoms with Gasteiger partial charge in [-0.2, -0.15) is 0 Å². The number of aromatic amines is 1. The van der Waals surface area contributed by atoms with Crippen LogP contribution in [0, 0.1) is 13.3 Å². The number of H-pyrrole nitrogens is 1. The summed E-state index contributed by atoms with van der Waals surface area (Å²) in [6.07, 6.45) is -4.55. The van der Waals surface area contributed by atoms with Crippen LogP contribution in [0.4, 0.5) is 0 Å². The fourth-order valence-electron chi connectivity index (χ4n) is 4.17. The quantitative estimate of drug-likeness (QED) is 0.0970. The van der Waals surface area contributed by atoms with E-state index in [2.05, 4.69) is 15.8 Å². The van der Waals surface area contributed by atoms with E-state index in [9.17, 15) is 30.3 Å². The molecule has 1 aromatic heterocycles. The van der Waals surface area contributed by atoms with Gasteiger partial charge in [-0.1, -0.05) is 0 Å². The first-order chi connectivity index (χ1) is 18.2. The molecule has 1 amide bonds. The number of hydrogen-bond acceptors (Lipinski definition) is 12. The zero-order valence-corrected chi connectivity index (χ0v) is 21.4. The van der Waals surface area contributed by atoms with Crippen molar-refractivity contribution in [2.24, 2.45) is 0 Å². The highest BCUT2D eigenvalue weighted by molar-refractivity contribution is 5.73. The van der Waals surface area contributed by atoms with Crippen LogP contribution >= 0.6 is 0 Å². The fraction of sp³-hybridized carbons (Fsp3) is 0.708. The number of ether oxygens (including phenoxy) is 4. The van der Waals surface area contributed by atoms with E-state index in [-0.39, 0.29) is 6.61 Å². The lowest BCUT2D eigenvalue weighted by molar-refractivity contribution is -0.379. The van der Waals surface area contributed by atoms with Crippen molar-refractivity contribution in [3.8, 4) is 0 Å². The van der Waals surface area contributed by atoms with Crippen molar-refractivity contribution in [3.05, 3.63) is 36.0 Å². The van der Waals surface area contributed by atoms with E-state index in [1.54, 1.807) is 0 Å². The van der Waals surface area contributed by atoms with Gasteiger partial charge >= 0.3 is 0 Å². The maximum absolute atomic E-state index is 11.9. The molecular formula is C24H39N3O11+. The molecule has 0 bridgehead atoms. The van der Waals surface area contributed by atoms with Crippen LogP contribution in [0.2, 0.25) is 0 Å². The van der Waals surface area contributed by atoms with Gasteiger partial charge in [0.25, 0.3) is 0 Å². The van der Waals surface area contributed by atoms with Crippen molar-refractivity contribution in [2.45, 2.75) is 82.1 Å². The van der Waals surface area contributed by atoms with Crippen LogP contribution in [-0.4, -0.2) is 113 Å². The molecular weight excluding hydrogens is 506 g/mol. The average Bonchev–Trinajstić information content (AvgIpc) is 2.89. The van der Waals surface area contributed by atoms with Gasteiger partial charge in [0.15, 0.2) is 25.0 Å². The molecule has 3 heterocycles. The predicted molar refractivity (Wildman–Crippen MR) is 127 cm³/mol. The minimum Gasteiger partial charge on any atom is -0.394 e. The van der Waals surface area contributed by atoms with Crippen LogP contribution in [-0.2, 0) is 35.2 Å². The van der Waals surface area contributed by atoms with Crippen LogP contribution in [0.15, 0.2) is 18.5 Å². The van der Waals surface area contributed by atoms with Gasteiger partial charge in [-0.05, 0) is 19.4 Å². The molecule has 4 unspecified atom stereocenters. The van der Waals surface area contributed by atoms with Crippen molar-refractivity contribution >= 4 is 5.91 Å². The van der Waals surface area contributed by atoms with Gasteiger partial charge in [0.05, 0.1) is 38.6 Å². The van der Waals surface area contributed by atoms with Crippen molar-refractivity contribution in [3.63, 3.8) is 0 Å². The monoisotopic (exact) mass is 545 g/mol. The Kier molecular flexibility index (Phi) is 12.2. The number of nitrogens with one attached hydrogen (secondary N) is 3. The number of pyridine rings is 1. The summed E-state index contributed by atoms with van der Waals surface area (Å²) in [6, 6.07) is 1.10. The van der Waals surface area contributed by atoms with E-state index in [0.717, 1.165) is 11.1 Å². The van der Waals surface area contributed by atoms with Crippen LogP contribution in [0.3, 0.4) is 0 Å². The summed E-state index contributed by atoms with van der Waals surface area (Å²) in [5.74, 6) is -0.408. The molecule has 2 aliphatic rings. The second kappa shape index (κ2) is 15.1. The molecule has 38 heavy (non-hydrogen) atoms. The number of rotatable bonds is 13. The summed E-state index contributed by atoms with van der Waals surface area (Å²) in [4.78, 5) is 20.4. The van der Waals surface area contributed by atoms with E-state index in [0.29, 0.717) is 19.6 Å². The van der Waals surface area contributed by atoms with Crippen LogP contribution < -0.4 is 15.8 Å². The number of carbonyl (C=O) groups excluding carboxylic acids is 1. The largest absolute Gasteiger partial charge is 0.394 e. The Hall–Kier alpha value is -1.82. The van der Waals surface area contributed by atoms with Gasteiger partial charge in [-0.3, -0.25) is 9.63 Å². The van der Waals surface area contributed by atoms with Gasteiger partial charge < -0.3 is 49.8 Å². The molecule has 0 saturated carbocycles. The average molecular weight is 546 g/mol. The lowest BCUT2D eigenvalue weighted by Crippen LogP contribution is -2.64.